The van der Waals surface area contributed by atoms with E-state index in [1.165, 1.54) is 0 Å². The summed E-state index contributed by atoms with van der Waals surface area (Å²) >= 11 is 0. The number of esters is 1. The Kier molecular flexibility index (Phi) is 2.54. The number of ether oxygens (including phenoxy) is 1. The molecule has 78 valence electrons. The van der Waals surface area contributed by atoms with Gasteiger partial charge < -0.3 is 4.74 Å². The number of carbonyl (C=O) groups excluding carboxylic acids is 2. The molecular formula is C10H15NO3. The SMILES string of the molecule is CCOC(=O)[C@H]1C(=O)C2CCN1CC2. The standard InChI is InChI=1S/C10H15NO3/c1-2-14-10(13)8-9(12)7-3-5-11(8)6-4-7/h7-8H,2-6H2,1H3/t8-/m1/s1. The molecule has 3 rings (SSSR count). The molecule has 3 aliphatic rings. The van der Waals surface area contributed by atoms with E-state index in [-0.39, 0.29) is 17.7 Å². The fourth-order valence-electron chi connectivity index (χ4n) is 2.33. The van der Waals surface area contributed by atoms with Crippen LogP contribution in [0, 0.1) is 5.92 Å². The van der Waals surface area contributed by atoms with E-state index in [0.29, 0.717) is 6.61 Å². The first-order valence-corrected chi connectivity index (χ1v) is 5.18. The zero-order valence-corrected chi connectivity index (χ0v) is 8.36. The van der Waals surface area contributed by atoms with Crippen molar-refractivity contribution >= 4 is 11.8 Å². The molecule has 0 unspecified atom stereocenters. The highest BCUT2D eigenvalue weighted by atomic mass is 16.5. The van der Waals surface area contributed by atoms with E-state index in [0.717, 1.165) is 25.9 Å². The second-order valence-electron chi connectivity index (χ2n) is 3.87. The number of ketones is 1. The van der Waals surface area contributed by atoms with Crippen LogP contribution in [0.3, 0.4) is 0 Å². The van der Waals surface area contributed by atoms with Crippen molar-refractivity contribution < 1.29 is 14.3 Å². The molecule has 3 aliphatic heterocycles. The molecule has 0 aromatic rings. The third-order valence-corrected chi connectivity index (χ3v) is 3.08. The third-order valence-electron chi connectivity index (χ3n) is 3.08. The summed E-state index contributed by atoms with van der Waals surface area (Å²) in [6.45, 7) is 3.83. The molecule has 1 atom stereocenters. The summed E-state index contributed by atoms with van der Waals surface area (Å²) in [6.07, 6.45) is 1.82. The average molecular weight is 197 g/mol. The van der Waals surface area contributed by atoms with E-state index in [1.807, 2.05) is 4.90 Å². The number of nitrogens with zero attached hydrogens (tertiary/aromatic N) is 1. The number of fused-ring (bicyclic) bond motifs is 3. The van der Waals surface area contributed by atoms with E-state index >= 15 is 0 Å². The van der Waals surface area contributed by atoms with Crippen LogP contribution in [0.2, 0.25) is 0 Å². The van der Waals surface area contributed by atoms with Crippen LogP contribution >= 0.6 is 0 Å². The monoisotopic (exact) mass is 197 g/mol. The molecule has 0 saturated carbocycles. The maximum atomic E-state index is 11.8. The average Bonchev–Trinajstić information content (AvgIpc) is 2.19. The van der Waals surface area contributed by atoms with Crippen molar-refractivity contribution in [3.8, 4) is 0 Å². The molecule has 3 saturated heterocycles. The van der Waals surface area contributed by atoms with Crippen LogP contribution in [0.25, 0.3) is 0 Å². The number of Topliss-reactive ketones (excluding diaryl/α,β-unsaturated/α-hetero) is 1. The summed E-state index contributed by atoms with van der Waals surface area (Å²) in [5, 5.41) is 0. The van der Waals surface area contributed by atoms with Crippen LogP contribution in [0.4, 0.5) is 0 Å². The van der Waals surface area contributed by atoms with E-state index < -0.39 is 6.04 Å². The molecule has 0 aromatic heterocycles. The Morgan fingerprint density at radius 1 is 1.50 bits per heavy atom. The van der Waals surface area contributed by atoms with Crippen LogP contribution in [0.5, 0.6) is 0 Å². The summed E-state index contributed by atoms with van der Waals surface area (Å²) in [4.78, 5) is 25.2. The fraction of sp³-hybridized carbons (Fsp3) is 0.800. The van der Waals surface area contributed by atoms with E-state index in [9.17, 15) is 9.59 Å². The molecule has 0 radical (unpaired) electrons. The predicted octanol–water partition coefficient (Wildman–Crippen LogP) is 0.213. The molecule has 0 aliphatic carbocycles. The highest BCUT2D eigenvalue weighted by Crippen LogP contribution is 2.29. The lowest BCUT2D eigenvalue weighted by atomic mass is 9.82. The van der Waals surface area contributed by atoms with Crippen LogP contribution in [0.15, 0.2) is 0 Å². The highest BCUT2D eigenvalue weighted by molar-refractivity contribution is 6.05. The smallest absolute Gasteiger partial charge is 0.331 e. The molecule has 3 fully saturated rings. The van der Waals surface area contributed by atoms with Crippen molar-refractivity contribution in [2.75, 3.05) is 19.7 Å². The van der Waals surface area contributed by atoms with Crippen molar-refractivity contribution in [1.29, 1.82) is 0 Å². The maximum Gasteiger partial charge on any atom is 0.331 e. The quantitative estimate of drug-likeness (QED) is 0.469. The topological polar surface area (TPSA) is 46.6 Å². The molecule has 0 N–H and O–H groups in total. The second kappa shape index (κ2) is 3.69. The number of rotatable bonds is 2. The summed E-state index contributed by atoms with van der Waals surface area (Å²) < 4.78 is 4.90. The molecular weight excluding hydrogens is 182 g/mol. The van der Waals surface area contributed by atoms with Crippen LogP contribution in [-0.4, -0.2) is 42.4 Å². The van der Waals surface area contributed by atoms with Crippen molar-refractivity contribution in [1.82, 2.24) is 4.90 Å². The van der Waals surface area contributed by atoms with Crippen molar-refractivity contribution in [2.24, 2.45) is 5.92 Å². The largest absolute Gasteiger partial charge is 0.464 e. The van der Waals surface area contributed by atoms with Gasteiger partial charge in [0.25, 0.3) is 0 Å². The van der Waals surface area contributed by atoms with Gasteiger partial charge in [0, 0.05) is 19.0 Å². The molecule has 4 nitrogen and oxygen atoms in total. The van der Waals surface area contributed by atoms with Gasteiger partial charge in [0.15, 0.2) is 11.8 Å². The maximum absolute atomic E-state index is 11.8. The summed E-state index contributed by atoms with van der Waals surface area (Å²) in [6, 6.07) is -0.595. The normalized spacial score (nSPS) is 35.8. The van der Waals surface area contributed by atoms with E-state index in [4.69, 9.17) is 4.74 Å². The summed E-state index contributed by atoms with van der Waals surface area (Å²) in [5.74, 6) is -0.183. The Balaban J connectivity index is 2.10. The minimum Gasteiger partial charge on any atom is -0.464 e. The first-order valence-electron chi connectivity index (χ1n) is 5.18. The highest BCUT2D eigenvalue weighted by Gasteiger charge is 2.45. The number of hydrogen-bond donors (Lipinski definition) is 0. The van der Waals surface area contributed by atoms with Gasteiger partial charge in [-0.2, -0.15) is 0 Å². The second-order valence-corrected chi connectivity index (χ2v) is 3.87. The Labute approximate surface area is 83.2 Å². The minimum atomic E-state index is -0.595. The van der Waals surface area contributed by atoms with E-state index in [2.05, 4.69) is 0 Å². The molecule has 0 spiro atoms. The molecule has 3 heterocycles. The van der Waals surface area contributed by atoms with Crippen molar-refractivity contribution in [3.63, 3.8) is 0 Å². The molecule has 0 amide bonds. The number of piperidine rings is 3. The van der Waals surface area contributed by atoms with Gasteiger partial charge in [-0.15, -0.1) is 0 Å². The predicted molar refractivity (Wildman–Crippen MR) is 49.7 cm³/mol. The van der Waals surface area contributed by atoms with Gasteiger partial charge in [-0.1, -0.05) is 0 Å². The van der Waals surface area contributed by atoms with Crippen LogP contribution in [-0.2, 0) is 14.3 Å². The molecule has 14 heavy (non-hydrogen) atoms. The molecule has 2 bridgehead atoms. The Bertz CT molecular complexity index is 256. The van der Waals surface area contributed by atoms with Gasteiger partial charge in [0.1, 0.15) is 0 Å². The Hall–Kier alpha value is -0.900. The minimum absolute atomic E-state index is 0.0703. The van der Waals surface area contributed by atoms with Crippen molar-refractivity contribution in [2.45, 2.75) is 25.8 Å². The van der Waals surface area contributed by atoms with Gasteiger partial charge in [-0.05, 0) is 19.8 Å². The van der Waals surface area contributed by atoms with Crippen molar-refractivity contribution in [3.05, 3.63) is 0 Å². The van der Waals surface area contributed by atoms with Crippen LogP contribution in [0.1, 0.15) is 19.8 Å². The fourth-order valence-corrected chi connectivity index (χ4v) is 2.33. The van der Waals surface area contributed by atoms with Gasteiger partial charge in [0.05, 0.1) is 6.61 Å². The Morgan fingerprint density at radius 3 is 2.64 bits per heavy atom. The third kappa shape index (κ3) is 1.43. The molecule has 0 aromatic carbocycles. The lowest BCUT2D eigenvalue weighted by Gasteiger charge is -2.42. The number of hydrogen-bond acceptors (Lipinski definition) is 4. The lowest BCUT2D eigenvalue weighted by molar-refractivity contribution is -0.160. The first kappa shape index (κ1) is 9.65. The zero-order valence-electron chi connectivity index (χ0n) is 8.36. The van der Waals surface area contributed by atoms with Gasteiger partial charge >= 0.3 is 5.97 Å². The Morgan fingerprint density at radius 2 is 2.14 bits per heavy atom. The van der Waals surface area contributed by atoms with Gasteiger partial charge in [0.2, 0.25) is 0 Å². The molecule has 4 heteroatoms. The van der Waals surface area contributed by atoms with Gasteiger partial charge in [-0.25, -0.2) is 4.79 Å². The lowest BCUT2D eigenvalue weighted by Crippen LogP contribution is -2.59. The summed E-state index contributed by atoms with van der Waals surface area (Å²) in [5.41, 5.74) is 0. The van der Waals surface area contributed by atoms with Crippen LogP contribution < -0.4 is 0 Å². The first-order chi connectivity index (χ1) is 6.74. The van der Waals surface area contributed by atoms with E-state index in [1.54, 1.807) is 6.92 Å². The number of carbonyl (C=O) groups is 2. The van der Waals surface area contributed by atoms with Gasteiger partial charge in [-0.3, -0.25) is 9.69 Å². The zero-order chi connectivity index (χ0) is 10.1. The summed E-state index contributed by atoms with van der Waals surface area (Å²) in [7, 11) is 0.